The molecule has 0 spiro atoms. The van der Waals surface area contributed by atoms with Gasteiger partial charge in [0.1, 0.15) is 0 Å². The quantitative estimate of drug-likeness (QED) is 0.0616. The number of guanidine groups is 2. The first-order chi connectivity index (χ1) is 31.6. The van der Waals surface area contributed by atoms with Crippen molar-refractivity contribution >= 4 is 143 Å². The maximum absolute atomic E-state index is 12.6. The average Bonchev–Trinajstić information content (AvgIpc) is 3.27. The van der Waals surface area contributed by atoms with Crippen molar-refractivity contribution in [1.29, 1.82) is 0 Å². The van der Waals surface area contributed by atoms with Crippen molar-refractivity contribution in [2.75, 3.05) is 49.9 Å². The summed E-state index contributed by atoms with van der Waals surface area (Å²) in [6, 6.07) is 23.4. The van der Waals surface area contributed by atoms with Crippen LogP contribution >= 0.6 is 83.7 Å². The molecule has 0 radical (unpaired) electrons. The molecule has 2 unspecified atom stereocenters. The summed E-state index contributed by atoms with van der Waals surface area (Å²) in [5.74, 6) is -2.54. The molecule has 22 heteroatoms. The summed E-state index contributed by atoms with van der Waals surface area (Å²) in [7, 11) is 0. The van der Waals surface area contributed by atoms with Gasteiger partial charge in [0.25, 0.3) is 11.8 Å². The Kier molecular flexibility index (Phi) is 20.7. The molecule has 10 N–H and O–H groups in total. The Balaban J connectivity index is 0.000000247. The fourth-order valence-electron chi connectivity index (χ4n) is 6.40. The van der Waals surface area contributed by atoms with E-state index in [1.165, 1.54) is 0 Å². The number of carboxylic acid groups (broad SMARTS) is 2. The minimum Gasteiger partial charge on any atom is -0.481 e. The van der Waals surface area contributed by atoms with E-state index in [0.29, 0.717) is 45.5 Å². The summed E-state index contributed by atoms with van der Waals surface area (Å²) < 4.78 is 3.56. The Morgan fingerprint density at radius 2 is 1.03 bits per heavy atom. The highest BCUT2D eigenvalue weighted by Crippen LogP contribution is 2.25. The second-order valence-electron chi connectivity index (χ2n) is 14.6. The first-order valence-electron chi connectivity index (χ1n) is 20.4. The highest BCUT2D eigenvalue weighted by Gasteiger charge is 2.22. The zero-order chi connectivity index (χ0) is 47.6. The summed E-state index contributed by atoms with van der Waals surface area (Å²) in [5.41, 5.74) is 3.53. The van der Waals surface area contributed by atoms with Crippen LogP contribution in [-0.2, 0) is 19.2 Å². The third kappa shape index (κ3) is 17.9. The maximum atomic E-state index is 12.6. The standard InChI is InChI=1S/C22H23BrIN5O4.C22H23I2N5O4/c2*23-15-7-14(8-16(24)10-15)18(11-20(31)32)29-19(30)12-27-21(33)13-3-1-4-17(9-13)28-22-25-5-2-6-26-22/h2*1,3-4,7-10,18H,2,5-6,11-12H2,(H,27,33)(H,29,30)(H,31,32)(H2,25,26,28). The Morgan fingerprint density at radius 3 is 1.42 bits per heavy atom. The van der Waals surface area contributed by atoms with Gasteiger partial charge in [0.2, 0.25) is 11.8 Å². The van der Waals surface area contributed by atoms with Crippen molar-refractivity contribution in [2.45, 2.75) is 37.8 Å². The number of nitrogens with one attached hydrogen (secondary N) is 8. The van der Waals surface area contributed by atoms with E-state index in [-0.39, 0.29) is 25.9 Å². The van der Waals surface area contributed by atoms with Crippen molar-refractivity contribution < 1.29 is 39.0 Å². The average molecular weight is 1300 g/mol. The van der Waals surface area contributed by atoms with Crippen LogP contribution in [0.5, 0.6) is 0 Å². The molecule has 0 saturated carbocycles. The number of carboxylic acids is 2. The van der Waals surface area contributed by atoms with E-state index in [2.05, 4.69) is 136 Å². The zero-order valence-electron chi connectivity index (χ0n) is 35.1. The van der Waals surface area contributed by atoms with E-state index in [1.54, 1.807) is 42.5 Å². The van der Waals surface area contributed by atoms with E-state index in [1.807, 2.05) is 42.5 Å². The highest BCUT2D eigenvalue weighted by molar-refractivity contribution is 14.1. The second-order valence-corrected chi connectivity index (χ2v) is 19.3. The van der Waals surface area contributed by atoms with Gasteiger partial charge in [-0.1, -0.05) is 28.1 Å². The van der Waals surface area contributed by atoms with Gasteiger partial charge in [0, 0.05) is 63.9 Å². The predicted octanol–water partition coefficient (Wildman–Crippen LogP) is 5.60. The van der Waals surface area contributed by atoms with Gasteiger partial charge in [0.05, 0.1) is 38.0 Å². The topological polar surface area (TPSA) is 264 Å². The van der Waals surface area contributed by atoms with Gasteiger partial charge in [-0.2, -0.15) is 0 Å². The monoisotopic (exact) mass is 1300 g/mol. The summed E-state index contributed by atoms with van der Waals surface area (Å²) in [6.45, 7) is 2.60. The molecule has 6 rings (SSSR count). The molecular formula is C44H46BrI3N10O8. The predicted molar refractivity (Wildman–Crippen MR) is 280 cm³/mol. The lowest BCUT2D eigenvalue weighted by atomic mass is 10.0. The van der Waals surface area contributed by atoms with Crippen molar-refractivity contribution in [3.8, 4) is 0 Å². The molecule has 18 nitrogen and oxygen atoms in total. The highest BCUT2D eigenvalue weighted by atomic mass is 127. The number of carbonyl (C=O) groups is 6. The molecule has 0 bridgehead atoms. The number of anilines is 2. The normalized spacial score (nSPS) is 13.8. The van der Waals surface area contributed by atoms with E-state index < -0.39 is 47.7 Å². The van der Waals surface area contributed by atoms with Crippen LogP contribution in [0.15, 0.2) is 99.4 Å². The van der Waals surface area contributed by atoms with Crippen LogP contribution in [0.25, 0.3) is 0 Å². The third-order valence-electron chi connectivity index (χ3n) is 9.39. The summed E-state index contributed by atoms with van der Waals surface area (Å²) in [5, 5.41) is 41.7. The molecule has 4 aromatic rings. The van der Waals surface area contributed by atoms with Crippen LogP contribution in [0.4, 0.5) is 11.4 Å². The van der Waals surface area contributed by atoms with Gasteiger partial charge in [-0.05, 0) is 165 Å². The Labute approximate surface area is 429 Å². The Hall–Kier alpha value is -5.09. The minimum absolute atomic E-state index is 0.262. The molecule has 2 aliphatic rings. The first-order valence-corrected chi connectivity index (χ1v) is 24.4. The Bertz CT molecular complexity index is 2280. The maximum Gasteiger partial charge on any atom is 0.305 e. The van der Waals surface area contributed by atoms with E-state index >= 15 is 0 Å². The van der Waals surface area contributed by atoms with Crippen LogP contribution in [0, 0.1) is 10.7 Å². The van der Waals surface area contributed by atoms with Gasteiger partial charge in [0.15, 0.2) is 11.9 Å². The van der Waals surface area contributed by atoms with Crippen LogP contribution in [0.2, 0.25) is 0 Å². The van der Waals surface area contributed by atoms with Gasteiger partial charge < -0.3 is 52.7 Å². The number of benzene rings is 4. The number of aliphatic carboxylic acids is 2. The summed E-state index contributed by atoms with van der Waals surface area (Å²) in [6.07, 6.45) is 1.41. The molecule has 0 saturated heterocycles. The van der Waals surface area contributed by atoms with Gasteiger partial charge in [-0.3, -0.25) is 38.8 Å². The zero-order valence-corrected chi connectivity index (χ0v) is 43.1. The van der Waals surface area contributed by atoms with Crippen molar-refractivity contribution in [2.24, 2.45) is 9.98 Å². The number of amides is 4. The van der Waals surface area contributed by atoms with Gasteiger partial charge in [-0.25, -0.2) is 0 Å². The lowest BCUT2D eigenvalue weighted by molar-refractivity contribution is -0.139. The Morgan fingerprint density at radius 1 is 0.606 bits per heavy atom. The van der Waals surface area contributed by atoms with Crippen LogP contribution in [0.1, 0.15) is 69.6 Å². The van der Waals surface area contributed by atoms with Crippen LogP contribution < -0.4 is 42.5 Å². The first kappa shape index (κ1) is 51.9. The largest absolute Gasteiger partial charge is 0.481 e. The lowest BCUT2D eigenvalue weighted by Crippen LogP contribution is -2.39. The third-order valence-corrected chi connectivity index (χ3v) is 11.7. The number of nitrogens with zero attached hydrogens (tertiary/aromatic N) is 2. The molecule has 4 aromatic carbocycles. The molecular weight excluding hydrogens is 1260 g/mol. The van der Waals surface area contributed by atoms with E-state index in [9.17, 15) is 39.0 Å². The van der Waals surface area contributed by atoms with E-state index in [0.717, 1.165) is 54.2 Å². The SMILES string of the molecule is O=C(O)CC(NC(=O)CNC(=O)c1cccc(NC2=NCCCN2)c1)c1cc(Br)cc(I)c1.O=C(O)CC(NC(=O)CNC(=O)c1cccc(NC2=NCCCN2)c1)c1cc(I)cc(I)c1. The smallest absolute Gasteiger partial charge is 0.305 e. The molecule has 66 heavy (non-hydrogen) atoms. The van der Waals surface area contributed by atoms with Crippen LogP contribution in [-0.4, -0.2) is 97.0 Å². The number of carbonyl (C=O) groups excluding carboxylic acids is 4. The second kappa shape index (κ2) is 26.3. The van der Waals surface area contributed by atoms with Crippen molar-refractivity contribution in [1.82, 2.24) is 31.9 Å². The van der Waals surface area contributed by atoms with E-state index in [4.69, 9.17) is 0 Å². The molecule has 2 heterocycles. The minimum atomic E-state index is -1.04. The van der Waals surface area contributed by atoms with Crippen molar-refractivity contribution in [3.63, 3.8) is 0 Å². The van der Waals surface area contributed by atoms with Gasteiger partial charge in [-0.15, -0.1) is 0 Å². The number of halogens is 4. The lowest BCUT2D eigenvalue weighted by Gasteiger charge is -2.18. The van der Waals surface area contributed by atoms with Crippen molar-refractivity contribution in [3.05, 3.63) is 122 Å². The number of aliphatic imine (C=N–C) groups is 2. The molecule has 2 atom stereocenters. The summed E-state index contributed by atoms with van der Waals surface area (Å²) >= 11 is 9.80. The number of hydrogen-bond acceptors (Lipinski definition) is 12. The fraction of sp³-hybridized carbons (Fsp3) is 0.273. The number of hydrogen-bond donors (Lipinski definition) is 10. The van der Waals surface area contributed by atoms with Gasteiger partial charge >= 0.3 is 11.9 Å². The molecule has 4 amide bonds. The molecule has 348 valence electrons. The molecule has 0 aromatic heterocycles. The molecule has 2 aliphatic heterocycles. The molecule has 0 fully saturated rings. The van der Waals surface area contributed by atoms with Crippen LogP contribution in [0.3, 0.4) is 0 Å². The fourth-order valence-corrected chi connectivity index (χ4v) is 10.0. The summed E-state index contributed by atoms with van der Waals surface area (Å²) in [4.78, 5) is 81.4. The number of rotatable bonds is 16. The molecule has 0 aliphatic carbocycles.